The predicted molar refractivity (Wildman–Crippen MR) is 201 cm³/mol. The monoisotopic (exact) mass is 969 g/mol. The van der Waals surface area contributed by atoms with Gasteiger partial charge in [0.2, 0.25) is 0 Å². The van der Waals surface area contributed by atoms with E-state index in [0.29, 0.717) is 40.9 Å². The molecule has 5 aromatic rings. The Bertz CT molecular complexity index is 1660. The summed E-state index contributed by atoms with van der Waals surface area (Å²) in [5.41, 5.74) is 11.8. The normalized spacial score (nSPS) is 10.2. The summed E-state index contributed by atoms with van der Waals surface area (Å²) in [6.07, 6.45) is 6.65. The number of anilines is 2. The summed E-state index contributed by atoms with van der Waals surface area (Å²) in [5.74, 6) is -0.288. The second-order valence-corrected chi connectivity index (χ2v) is 27.6. The Morgan fingerprint density at radius 3 is 1.61 bits per heavy atom. The van der Waals surface area contributed by atoms with Crippen molar-refractivity contribution in [1.29, 1.82) is 0 Å². The Morgan fingerprint density at radius 1 is 0.609 bits per heavy atom. The van der Waals surface area contributed by atoms with Crippen LogP contribution in [0.5, 0.6) is 0 Å². The van der Waals surface area contributed by atoms with Crippen LogP contribution in [0.1, 0.15) is 7.43 Å². The molecule has 0 unspecified atom stereocenters. The van der Waals surface area contributed by atoms with Crippen LogP contribution in [-0.2, 0) is 0 Å². The second-order valence-electron chi connectivity index (χ2n) is 9.63. The van der Waals surface area contributed by atoms with Crippen molar-refractivity contribution in [3.8, 4) is 11.1 Å². The first-order chi connectivity index (χ1) is 21.0. The molecule has 17 heteroatoms. The van der Waals surface area contributed by atoms with E-state index < -0.39 is 24.2 Å². The van der Waals surface area contributed by atoms with Crippen LogP contribution in [0.3, 0.4) is 0 Å². The van der Waals surface area contributed by atoms with Crippen LogP contribution >= 0.6 is 92.2 Å². The Kier molecular flexibility index (Phi) is 18.6. The summed E-state index contributed by atoms with van der Waals surface area (Å²) in [5, 5.41) is 2.97. The maximum atomic E-state index is 13.1. The molecular weight excluding hydrogens is 943 g/mol. The van der Waals surface area contributed by atoms with Crippen molar-refractivity contribution in [2.45, 2.75) is 22.2 Å². The van der Waals surface area contributed by atoms with Crippen molar-refractivity contribution in [3.63, 3.8) is 0 Å². The van der Waals surface area contributed by atoms with Crippen molar-refractivity contribution < 1.29 is 8.78 Å². The molecule has 4 N–H and O–H groups in total. The summed E-state index contributed by atoms with van der Waals surface area (Å²) >= 11 is 34.2. The van der Waals surface area contributed by atoms with E-state index >= 15 is 0 Å². The average molecular weight is 971 g/mol. The summed E-state index contributed by atoms with van der Waals surface area (Å²) in [7, 11) is 0. The van der Waals surface area contributed by atoms with Crippen LogP contribution in [0.15, 0.2) is 67.4 Å². The van der Waals surface area contributed by atoms with Crippen molar-refractivity contribution in [2.75, 3.05) is 11.5 Å². The molecule has 0 radical (unpaired) electrons. The number of nitrogens with zero attached hydrogens (tertiary/aromatic N) is 5. The van der Waals surface area contributed by atoms with Gasteiger partial charge in [-0.25, -0.2) is 28.7 Å². The molecule has 0 aliphatic rings. The van der Waals surface area contributed by atoms with Gasteiger partial charge in [0, 0.05) is 23.5 Å². The molecule has 0 atom stereocenters. The Hall–Kier alpha value is -1.52. The average Bonchev–Trinajstić information content (AvgIpc) is 2.97. The van der Waals surface area contributed by atoms with E-state index in [2.05, 4.69) is 39.7 Å². The van der Waals surface area contributed by atoms with Gasteiger partial charge in [0.1, 0.15) is 33.6 Å². The van der Waals surface area contributed by atoms with Crippen LogP contribution in [0.2, 0.25) is 45.3 Å². The number of hydrogen-bond donors (Lipinski definition) is 2. The topological polar surface area (TPSA) is 116 Å². The van der Waals surface area contributed by atoms with Crippen LogP contribution in [-0.4, -0.2) is 43.3 Å². The van der Waals surface area contributed by atoms with Crippen LogP contribution in [0.25, 0.3) is 11.1 Å². The van der Waals surface area contributed by atoms with Gasteiger partial charge in [-0.3, -0.25) is 0 Å². The number of pyridine rings is 5. The van der Waals surface area contributed by atoms with E-state index in [1.54, 1.807) is 18.3 Å². The van der Waals surface area contributed by atoms with Crippen molar-refractivity contribution in [1.82, 2.24) is 24.9 Å². The predicted octanol–water partition coefficient (Wildman–Crippen LogP) is 10.5. The van der Waals surface area contributed by atoms with Gasteiger partial charge in [-0.2, -0.15) is 0 Å². The van der Waals surface area contributed by atoms with E-state index in [9.17, 15) is 8.78 Å². The zero-order valence-corrected chi connectivity index (χ0v) is 33.2. The zero-order valence-electron chi connectivity index (χ0n) is 23.6. The minimum atomic E-state index is -2.07. The quantitative estimate of drug-likeness (QED) is 0.103. The molecule has 5 rings (SSSR count). The van der Waals surface area contributed by atoms with Crippen molar-refractivity contribution in [3.05, 3.63) is 113 Å². The molecule has 5 heterocycles. The third-order valence-corrected chi connectivity index (χ3v) is 13.7. The molecule has 0 bridgehead atoms. The van der Waals surface area contributed by atoms with E-state index in [4.69, 9.17) is 81.1 Å². The third-order valence-electron chi connectivity index (χ3n) is 5.15. The molecule has 0 saturated heterocycles. The van der Waals surface area contributed by atoms with Gasteiger partial charge in [0.25, 0.3) is 0 Å². The molecule has 0 aliphatic carbocycles. The SMILES string of the molecule is C.Clc1ccc(Cl)nc1.Nc1ncc(F)cc1-c1cc(Cl)ncc1Cl.Nc1ncc(F)cc1I.[CH3][Sn]([CH3])([CH3])[c]1cc(Cl)ncc1Cl. The first-order valence-electron chi connectivity index (χ1n) is 12.4. The molecule has 46 heavy (non-hydrogen) atoms. The van der Waals surface area contributed by atoms with Crippen LogP contribution < -0.4 is 15.0 Å². The molecule has 246 valence electrons. The van der Waals surface area contributed by atoms with Gasteiger partial charge in [0.05, 0.1) is 26.0 Å². The molecule has 7 nitrogen and oxygen atoms in total. The fraction of sp³-hybridized carbons (Fsp3) is 0.138. The van der Waals surface area contributed by atoms with E-state index in [1.165, 1.54) is 34.2 Å². The minimum absolute atomic E-state index is 0. The van der Waals surface area contributed by atoms with E-state index in [0.717, 1.165) is 17.4 Å². The van der Waals surface area contributed by atoms with Gasteiger partial charge >= 0.3 is 87.4 Å². The Labute approximate surface area is 314 Å². The Morgan fingerprint density at radius 2 is 1.13 bits per heavy atom. The molecule has 0 amide bonds. The number of aromatic nitrogens is 5. The summed E-state index contributed by atoms with van der Waals surface area (Å²) in [6, 6.07) is 9.33. The molecule has 5 aromatic heterocycles. The number of halogens is 9. The fourth-order valence-corrected chi connectivity index (χ4v) is 10.4. The summed E-state index contributed by atoms with van der Waals surface area (Å²) in [4.78, 5) is 25.6. The second kappa shape index (κ2) is 20.1. The van der Waals surface area contributed by atoms with Crippen LogP contribution in [0, 0.1) is 15.2 Å². The van der Waals surface area contributed by atoms with Crippen molar-refractivity contribution >= 4 is 126 Å². The molecule has 0 spiro atoms. The van der Waals surface area contributed by atoms with Crippen molar-refractivity contribution in [2.24, 2.45) is 0 Å². The van der Waals surface area contributed by atoms with Gasteiger partial charge in [-0.1, -0.05) is 53.8 Å². The van der Waals surface area contributed by atoms with Gasteiger partial charge in [-0.05, 0) is 52.9 Å². The van der Waals surface area contributed by atoms with Crippen LogP contribution in [0.4, 0.5) is 20.4 Å². The number of rotatable bonds is 2. The molecule has 0 fully saturated rings. The molecule has 0 saturated carbocycles. The Balaban J connectivity index is 0.000000316. The molecule has 0 aliphatic heterocycles. The first kappa shape index (κ1) is 42.5. The van der Waals surface area contributed by atoms with Gasteiger partial charge < -0.3 is 11.5 Å². The standard InChI is InChI=1S/C10H6Cl2FN3.C5H3Cl2N.C5H2Cl2N.C5H4FIN2.CH4.3CH3.Sn/c11-8-4-15-9(12)2-6(8)7-1-5(13)3-16-10(7)14;2*6-4-1-2-5(7)8-3-4;6-3-1-4(7)5(8)9-2-3;;;;;/h1-4H,(H2,14,16);1-3H;2-3H;1-2H,(H2,8,9);1H4;3*1H3;. The molecule has 0 aromatic carbocycles. The van der Waals surface area contributed by atoms with Gasteiger partial charge in [-0.15, -0.1) is 0 Å². The third kappa shape index (κ3) is 14.7. The number of nitrogen functional groups attached to an aromatic ring is 2. The first-order valence-corrected chi connectivity index (χ1v) is 25.7. The molecular formula is C29H28Cl6F2IN7Sn. The number of nitrogens with two attached hydrogens (primary N) is 2. The summed E-state index contributed by atoms with van der Waals surface area (Å²) in [6.45, 7) is 0. The van der Waals surface area contributed by atoms with Gasteiger partial charge in [0.15, 0.2) is 0 Å². The van der Waals surface area contributed by atoms with E-state index in [-0.39, 0.29) is 24.2 Å². The van der Waals surface area contributed by atoms with E-state index in [1.807, 2.05) is 28.7 Å². The number of hydrogen-bond acceptors (Lipinski definition) is 7. The zero-order chi connectivity index (χ0) is 33.9. The summed E-state index contributed by atoms with van der Waals surface area (Å²) < 4.78 is 27.2. The maximum absolute atomic E-state index is 13.1. The fourth-order valence-electron chi connectivity index (χ4n) is 3.06.